The molecule has 0 fully saturated rings. The zero-order valence-electron chi connectivity index (χ0n) is 14.4. The van der Waals surface area contributed by atoms with Gasteiger partial charge in [0.2, 0.25) is 5.91 Å². The van der Waals surface area contributed by atoms with E-state index in [1.807, 2.05) is 17.8 Å². The lowest BCUT2D eigenvalue weighted by Crippen LogP contribution is -2.24. The fraction of sp³-hybridized carbons (Fsp3) is 0.312. The second-order valence-electron chi connectivity index (χ2n) is 5.78. The van der Waals surface area contributed by atoms with Gasteiger partial charge < -0.3 is 10.4 Å². The first-order chi connectivity index (χ1) is 12.5. The zero-order chi connectivity index (χ0) is 18.7. The van der Waals surface area contributed by atoms with Gasteiger partial charge in [0.1, 0.15) is 6.04 Å². The van der Waals surface area contributed by atoms with Crippen molar-refractivity contribution in [1.29, 1.82) is 0 Å². The summed E-state index contributed by atoms with van der Waals surface area (Å²) in [6, 6.07) is 0.690. The Morgan fingerprint density at radius 3 is 2.65 bits per heavy atom. The zero-order valence-corrected chi connectivity index (χ0v) is 14.4. The highest BCUT2D eigenvalue weighted by atomic mass is 16.4. The van der Waals surface area contributed by atoms with Gasteiger partial charge in [0.15, 0.2) is 5.69 Å². The summed E-state index contributed by atoms with van der Waals surface area (Å²) in [6.07, 6.45) is 8.46. The van der Waals surface area contributed by atoms with Gasteiger partial charge in [-0.05, 0) is 19.9 Å². The van der Waals surface area contributed by atoms with Crippen LogP contribution in [0.2, 0.25) is 0 Å². The summed E-state index contributed by atoms with van der Waals surface area (Å²) in [5.74, 6) is -1.45. The quantitative estimate of drug-likeness (QED) is 0.656. The minimum absolute atomic E-state index is 0.106. The van der Waals surface area contributed by atoms with Crippen molar-refractivity contribution in [3.63, 3.8) is 0 Å². The van der Waals surface area contributed by atoms with Crippen molar-refractivity contribution in [2.75, 3.05) is 5.32 Å². The largest absolute Gasteiger partial charge is 0.476 e. The molecule has 0 aliphatic heterocycles. The molecule has 1 amide bonds. The third-order valence-electron chi connectivity index (χ3n) is 3.86. The monoisotopic (exact) mass is 357 g/mol. The SMILES string of the molecule is CCn1cc(Cn2cc(NC(=O)C(C)n3ccc(C(=O)O)n3)cn2)cn1. The Hall–Kier alpha value is -3.43. The summed E-state index contributed by atoms with van der Waals surface area (Å²) in [5, 5.41) is 24.0. The molecule has 3 heterocycles. The predicted octanol–water partition coefficient (Wildman–Crippen LogP) is 1.24. The van der Waals surface area contributed by atoms with Crippen LogP contribution >= 0.6 is 0 Å². The first kappa shape index (κ1) is 17.4. The van der Waals surface area contributed by atoms with Crippen LogP contribution in [0.4, 0.5) is 5.69 Å². The van der Waals surface area contributed by atoms with Crippen molar-refractivity contribution in [2.45, 2.75) is 33.0 Å². The lowest BCUT2D eigenvalue weighted by atomic mass is 10.3. The molecular weight excluding hydrogens is 338 g/mol. The summed E-state index contributed by atoms with van der Waals surface area (Å²) in [4.78, 5) is 23.2. The topological polar surface area (TPSA) is 120 Å². The molecule has 0 bridgehead atoms. The van der Waals surface area contributed by atoms with Crippen LogP contribution in [0.1, 0.15) is 35.9 Å². The Morgan fingerprint density at radius 1 is 1.23 bits per heavy atom. The second kappa shape index (κ2) is 7.21. The maximum absolute atomic E-state index is 12.3. The summed E-state index contributed by atoms with van der Waals surface area (Å²) >= 11 is 0. The number of carbonyl (C=O) groups is 2. The molecule has 1 atom stereocenters. The lowest BCUT2D eigenvalue weighted by Gasteiger charge is -2.11. The summed E-state index contributed by atoms with van der Waals surface area (Å²) < 4.78 is 4.84. The van der Waals surface area contributed by atoms with Crippen LogP contribution in [0.15, 0.2) is 37.1 Å². The van der Waals surface area contributed by atoms with Crippen molar-refractivity contribution in [1.82, 2.24) is 29.3 Å². The van der Waals surface area contributed by atoms with Gasteiger partial charge in [-0.3, -0.25) is 18.8 Å². The van der Waals surface area contributed by atoms with Crippen molar-refractivity contribution < 1.29 is 14.7 Å². The van der Waals surface area contributed by atoms with Crippen LogP contribution in [0.25, 0.3) is 0 Å². The number of nitrogens with one attached hydrogen (secondary N) is 1. The summed E-state index contributed by atoms with van der Waals surface area (Å²) in [5.41, 5.74) is 1.46. The van der Waals surface area contributed by atoms with Gasteiger partial charge in [0.25, 0.3) is 0 Å². The number of anilines is 1. The number of hydrogen-bond acceptors (Lipinski definition) is 5. The van der Waals surface area contributed by atoms with Crippen molar-refractivity contribution >= 4 is 17.6 Å². The van der Waals surface area contributed by atoms with E-state index in [1.54, 1.807) is 30.2 Å². The van der Waals surface area contributed by atoms with Gasteiger partial charge in [-0.15, -0.1) is 0 Å². The normalized spacial score (nSPS) is 12.1. The number of carbonyl (C=O) groups excluding carboxylic acids is 1. The standard InChI is InChI=1S/C16H19N7O3/c1-3-21-8-12(6-17-21)9-22-10-13(7-18-22)19-15(24)11(2)23-5-4-14(20-23)16(25)26/h4-8,10-11H,3,9H2,1-2H3,(H,19,24)(H,25,26). The van der Waals surface area contributed by atoms with E-state index in [-0.39, 0.29) is 11.6 Å². The average Bonchev–Trinajstić information content (AvgIpc) is 3.35. The lowest BCUT2D eigenvalue weighted by molar-refractivity contribution is -0.119. The highest BCUT2D eigenvalue weighted by molar-refractivity contribution is 5.93. The highest BCUT2D eigenvalue weighted by Gasteiger charge is 2.18. The number of rotatable bonds is 7. The van der Waals surface area contributed by atoms with Crippen LogP contribution in [-0.4, -0.2) is 46.3 Å². The molecule has 0 aromatic carbocycles. The molecule has 0 saturated heterocycles. The maximum Gasteiger partial charge on any atom is 0.356 e. The molecule has 0 spiro atoms. The molecule has 10 heteroatoms. The fourth-order valence-electron chi connectivity index (χ4n) is 2.40. The van der Waals surface area contributed by atoms with Crippen LogP contribution < -0.4 is 5.32 Å². The molecular formula is C16H19N7O3. The van der Waals surface area contributed by atoms with Crippen LogP contribution in [0, 0.1) is 0 Å². The Balaban J connectivity index is 1.62. The Bertz CT molecular complexity index is 924. The number of carboxylic acid groups (broad SMARTS) is 1. The highest BCUT2D eigenvalue weighted by Crippen LogP contribution is 2.12. The summed E-state index contributed by atoms with van der Waals surface area (Å²) in [6.45, 7) is 5.00. The smallest absolute Gasteiger partial charge is 0.356 e. The van der Waals surface area contributed by atoms with E-state index in [9.17, 15) is 9.59 Å². The van der Waals surface area contributed by atoms with E-state index < -0.39 is 12.0 Å². The molecule has 1 unspecified atom stereocenters. The number of hydrogen-bond donors (Lipinski definition) is 2. The molecule has 3 aromatic heterocycles. The van der Waals surface area contributed by atoms with E-state index in [1.165, 1.54) is 16.9 Å². The third kappa shape index (κ3) is 3.79. The third-order valence-corrected chi connectivity index (χ3v) is 3.86. The minimum atomic E-state index is -1.14. The van der Waals surface area contributed by atoms with Gasteiger partial charge in [-0.2, -0.15) is 15.3 Å². The Labute approximate surface area is 149 Å². The van der Waals surface area contributed by atoms with Gasteiger partial charge in [-0.25, -0.2) is 4.79 Å². The molecule has 136 valence electrons. The number of amides is 1. The van der Waals surface area contributed by atoms with Crippen molar-refractivity contribution in [3.8, 4) is 0 Å². The van der Waals surface area contributed by atoms with E-state index in [4.69, 9.17) is 5.11 Å². The molecule has 0 radical (unpaired) electrons. The number of aromatic nitrogens is 6. The number of aromatic carboxylic acids is 1. The Morgan fingerprint density at radius 2 is 2.00 bits per heavy atom. The molecule has 3 rings (SSSR count). The van der Waals surface area contributed by atoms with E-state index in [0.29, 0.717) is 12.2 Å². The van der Waals surface area contributed by atoms with Gasteiger partial charge in [0, 0.05) is 30.7 Å². The molecule has 10 nitrogen and oxygen atoms in total. The average molecular weight is 357 g/mol. The van der Waals surface area contributed by atoms with Crippen molar-refractivity contribution in [3.05, 3.63) is 48.3 Å². The van der Waals surface area contributed by atoms with Crippen molar-refractivity contribution in [2.24, 2.45) is 0 Å². The van der Waals surface area contributed by atoms with Crippen LogP contribution in [0.5, 0.6) is 0 Å². The second-order valence-corrected chi connectivity index (χ2v) is 5.78. The first-order valence-corrected chi connectivity index (χ1v) is 8.09. The molecule has 0 aliphatic carbocycles. The molecule has 0 aliphatic rings. The van der Waals surface area contributed by atoms with Crippen LogP contribution in [0.3, 0.4) is 0 Å². The molecule has 0 saturated carbocycles. The Kier molecular flexibility index (Phi) is 4.83. The van der Waals surface area contributed by atoms with E-state index in [2.05, 4.69) is 20.6 Å². The predicted molar refractivity (Wildman–Crippen MR) is 91.8 cm³/mol. The fourth-order valence-corrected chi connectivity index (χ4v) is 2.40. The van der Waals surface area contributed by atoms with Crippen LogP contribution in [-0.2, 0) is 17.9 Å². The van der Waals surface area contributed by atoms with E-state index >= 15 is 0 Å². The first-order valence-electron chi connectivity index (χ1n) is 8.09. The number of nitrogens with zero attached hydrogens (tertiary/aromatic N) is 6. The summed E-state index contributed by atoms with van der Waals surface area (Å²) in [7, 11) is 0. The number of carboxylic acids is 1. The number of aryl methyl sites for hydroxylation is 1. The molecule has 2 N–H and O–H groups in total. The van der Waals surface area contributed by atoms with Gasteiger partial charge in [-0.1, -0.05) is 0 Å². The van der Waals surface area contributed by atoms with E-state index in [0.717, 1.165) is 12.1 Å². The molecule has 26 heavy (non-hydrogen) atoms. The minimum Gasteiger partial charge on any atom is -0.476 e. The molecule has 3 aromatic rings. The van der Waals surface area contributed by atoms with Gasteiger partial charge in [0.05, 0.1) is 24.6 Å². The maximum atomic E-state index is 12.3. The van der Waals surface area contributed by atoms with Gasteiger partial charge >= 0.3 is 5.97 Å².